The lowest BCUT2D eigenvalue weighted by molar-refractivity contribution is 0.407. The van der Waals surface area contributed by atoms with E-state index in [-0.39, 0.29) is 0 Å². The summed E-state index contributed by atoms with van der Waals surface area (Å²) in [5.74, 6) is 0. The third kappa shape index (κ3) is 4.08. The van der Waals surface area contributed by atoms with Gasteiger partial charge in [0.15, 0.2) is 0 Å². The van der Waals surface area contributed by atoms with Crippen molar-refractivity contribution in [2.24, 2.45) is 0 Å². The second-order valence-corrected chi connectivity index (χ2v) is 6.29. The van der Waals surface area contributed by atoms with Gasteiger partial charge in [0.05, 0.1) is 0 Å². The summed E-state index contributed by atoms with van der Waals surface area (Å²) in [6.07, 6.45) is 3.88. The Bertz CT molecular complexity index is 375. The van der Waals surface area contributed by atoms with Gasteiger partial charge in [-0.2, -0.15) is 0 Å². The molecule has 1 aromatic carbocycles. The zero-order valence-corrected chi connectivity index (χ0v) is 12.8. The molecule has 0 saturated carbocycles. The summed E-state index contributed by atoms with van der Waals surface area (Å²) in [7, 11) is 0. The summed E-state index contributed by atoms with van der Waals surface area (Å²) in [5.41, 5.74) is 1.34. The van der Waals surface area contributed by atoms with E-state index < -0.39 is 0 Å². The van der Waals surface area contributed by atoms with Crippen LogP contribution in [0.5, 0.6) is 0 Å². The molecule has 3 atom stereocenters. The first-order valence-electron chi connectivity index (χ1n) is 6.90. The molecule has 1 saturated heterocycles. The van der Waals surface area contributed by atoms with Gasteiger partial charge in [0, 0.05) is 22.6 Å². The van der Waals surface area contributed by atoms with Crippen molar-refractivity contribution < 1.29 is 0 Å². The first-order valence-corrected chi connectivity index (χ1v) is 7.69. The van der Waals surface area contributed by atoms with Crippen molar-refractivity contribution in [1.29, 1.82) is 0 Å². The van der Waals surface area contributed by atoms with E-state index in [0.29, 0.717) is 18.1 Å². The summed E-state index contributed by atoms with van der Waals surface area (Å²) in [5, 5.41) is 7.25. The van der Waals surface area contributed by atoms with Crippen molar-refractivity contribution in [2.45, 2.75) is 51.2 Å². The lowest BCUT2D eigenvalue weighted by atomic mass is 10.0. The van der Waals surface area contributed by atoms with Crippen molar-refractivity contribution in [3.63, 3.8) is 0 Å². The average Bonchev–Trinajstić information content (AvgIpc) is 2.81. The Morgan fingerprint density at radius 2 is 2.28 bits per heavy atom. The van der Waals surface area contributed by atoms with Crippen LogP contribution in [0.3, 0.4) is 0 Å². The van der Waals surface area contributed by atoms with Crippen LogP contribution < -0.4 is 10.6 Å². The van der Waals surface area contributed by atoms with E-state index in [9.17, 15) is 0 Å². The van der Waals surface area contributed by atoms with E-state index in [4.69, 9.17) is 0 Å². The zero-order valence-electron chi connectivity index (χ0n) is 11.2. The van der Waals surface area contributed by atoms with Gasteiger partial charge in [0.1, 0.15) is 0 Å². The van der Waals surface area contributed by atoms with Crippen LogP contribution in [0.2, 0.25) is 0 Å². The quantitative estimate of drug-likeness (QED) is 0.868. The van der Waals surface area contributed by atoms with Crippen LogP contribution >= 0.6 is 15.9 Å². The average molecular weight is 311 g/mol. The summed E-state index contributed by atoms with van der Waals surface area (Å²) in [4.78, 5) is 0. The molecular formula is C15H23BrN2. The van der Waals surface area contributed by atoms with Crippen molar-refractivity contribution in [3.8, 4) is 0 Å². The van der Waals surface area contributed by atoms with Crippen LogP contribution in [-0.2, 0) is 0 Å². The molecule has 3 heteroatoms. The molecule has 2 N–H and O–H groups in total. The molecule has 1 aliphatic heterocycles. The molecule has 0 bridgehead atoms. The molecule has 2 rings (SSSR count). The minimum Gasteiger partial charge on any atom is -0.314 e. The summed E-state index contributed by atoms with van der Waals surface area (Å²) >= 11 is 3.53. The molecule has 0 spiro atoms. The van der Waals surface area contributed by atoms with Gasteiger partial charge >= 0.3 is 0 Å². The molecule has 1 aromatic rings. The van der Waals surface area contributed by atoms with E-state index in [2.05, 4.69) is 64.7 Å². The second-order valence-electron chi connectivity index (χ2n) is 5.37. The third-order valence-corrected chi connectivity index (χ3v) is 4.18. The Hall–Kier alpha value is -0.380. The van der Waals surface area contributed by atoms with E-state index in [1.165, 1.54) is 31.4 Å². The topological polar surface area (TPSA) is 24.1 Å². The molecule has 100 valence electrons. The Labute approximate surface area is 119 Å². The summed E-state index contributed by atoms with van der Waals surface area (Å²) in [6, 6.07) is 10.2. The molecular weight excluding hydrogens is 288 g/mol. The van der Waals surface area contributed by atoms with Crippen LogP contribution in [0, 0.1) is 0 Å². The predicted molar refractivity (Wildman–Crippen MR) is 80.8 cm³/mol. The van der Waals surface area contributed by atoms with E-state index in [1.54, 1.807) is 0 Å². The van der Waals surface area contributed by atoms with Crippen LogP contribution in [0.1, 0.15) is 44.7 Å². The Morgan fingerprint density at radius 1 is 1.44 bits per heavy atom. The van der Waals surface area contributed by atoms with E-state index in [1.807, 2.05) is 0 Å². The standard InChI is InChI=1S/C15H23BrN2/c1-11(9-15-7-4-8-17-15)18-12(2)13-5-3-6-14(16)10-13/h3,5-6,10-12,15,17-18H,4,7-9H2,1-2H3. The molecule has 0 amide bonds. The molecule has 0 aliphatic carbocycles. The maximum atomic E-state index is 3.69. The highest BCUT2D eigenvalue weighted by Gasteiger charge is 2.18. The second kappa shape index (κ2) is 6.69. The van der Waals surface area contributed by atoms with Gasteiger partial charge in [-0.05, 0) is 57.4 Å². The number of rotatable bonds is 5. The number of hydrogen-bond acceptors (Lipinski definition) is 2. The zero-order chi connectivity index (χ0) is 13.0. The molecule has 3 unspecified atom stereocenters. The Morgan fingerprint density at radius 3 is 2.94 bits per heavy atom. The molecule has 18 heavy (non-hydrogen) atoms. The lowest BCUT2D eigenvalue weighted by Gasteiger charge is -2.23. The minimum atomic E-state index is 0.402. The van der Waals surface area contributed by atoms with Crippen molar-refractivity contribution in [2.75, 3.05) is 6.54 Å². The number of hydrogen-bond donors (Lipinski definition) is 2. The third-order valence-electron chi connectivity index (χ3n) is 3.68. The van der Waals surface area contributed by atoms with Crippen LogP contribution in [0.4, 0.5) is 0 Å². The predicted octanol–water partition coefficient (Wildman–Crippen LogP) is 3.63. The SMILES string of the molecule is CC(CC1CCCN1)NC(C)c1cccc(Br)c1. The molecule has 0 aromatic heterocycles. The highest BCUT2D eigenvalue weighted by molar-refractivity contribution is 9.10. The van der Waals surface area contributed by atoms with Gasteiger partial charge < -0.3 is 10.6 Å². The summed E-state index contributed by atoms with van der Waals surface area (Å²) < 4.78 is 1.15. The van der Waals surface area contributed by atoms with Gasteiger partial charge in [0.25, 0.3) is 0 Å². The first kappa shape index (κ1) is 14.0. The largest absolute Gasteiger partial charge is 0.314 e. The summed E-state index contributed by atoms with van der Waals surface area (Å²) in [6.45, 7) is 5.72. The fourth-order valence-electron chi connectivity index (χ4n) is 2.75. The van der Waals surface area contributed by atoms with E-state index >= 15 is 0 Å². The number of halogens is 1. The van der Waals surface area contributed by atoms with Gasteiger partial charge in [-0.15, -0.1) is 0 Å². The highest BCUT2D eigenvalue weighted by Crippen LogP contribution is 2.19. The van der Waals surface area contributed by atoms with Crippen molar-refractivity contribution >= 4 is 15.9 Å². The smallest absolute Gasteiger partial charge is 0.0294 e. The van der Waals surface area contributed by atoms with Gasteiger partial charge in [-0.25, -0.2) is 0 Å². The lowest BCUT2D eigenvalue weighted by Crippen LogP contribution is -2.35. The van der Waals surface area contributed by atoms with Crippen molar-refractivity contribution in [1.82, 2.24) is 10.6 Å². The van der Waals surface area contributed by atoms with Gasteiger partial charge in [-0.1, -0.05) is 28.1 Å². The molecule has 1 fully saturated rings. The normalized spacial score (nSPS) is 22.9. The van der Waals surface area contributed by atoms with Gasteiger partial charge in [-0.3, -0.25) is 0 Å². The fourth-order valence-corrected chi connectivity index (χ4v) is 3.17. The maximum Gasteiger partial charge on any atom is 0.0294 e. The maximum absolute atomic E-state index is 3.69. The molecule has 0 radical (unpaired) electrons. The van der Waals surface area contributed by atoms with Crippen molar-refractivity contribution in [3.05, 3.63) is 34.3 Å². The van der Waals surface area contributed by atoms with Crippen LogP contribution in [0.15, 0.2) is 28.7 Å². The monoisotopic (exact) mass is 310 g/mol. The van der Waals surface area contributed by atoms with Crippen LogP contribution in [-0.4, -0.2) is 18.6 Å². The van der Waals surface area contributed by atoms with E-state index in [0.717, 1.165) is 4.47 Å². The first-order chi connectivity index (χ1) is 8.65. The number of nitrogens with one attached hydrogen (secondary N) is 2. The van der Waals surface area contributed by atoms with Crippen LogP contribution in [0.25, 0.3) is 0 Å². The van der Waals surface area contributed by atoms with Gasteiger partial charge in [0.2, 0.25) is 0 Å². The molecule has 2 nitrogen and oxygen atoms in total. The number of benzene rings is 1. The molecule has 1 aliphatic rings. The molecule has 1 heterocycles. The Kier molecular flexibility index (Phi) is 5.22. The minimum absolute atomic E-state index is 0.402. The Balaban J connectivity index is 1.84. The highest BCUT2D eigenvalue weighted by atomic mass is 79.9. The fraction of sp³-hybridized carbons (Fsp3) is 0.600.